The van der Waals surface area contributed by atoms with E-state index >= 15 is 0 Å². The second kappa shape index (κ2) is 11.3. The number of halogens is 6. The summed E-state index contributed by atoms with van der Waals surface area (Å²) >= 11 is 0. The smallest absolute Gasteiger partial charge is 0.461 e. The number of rotatable bonds is 9. The van der Waals surface area contributed by atoms with Crippen molar-refractivity contribution in [2.45, 2.75) is 37.0 Å². The van der Waals surface area contributed by atoms with Crippen LogP contribution in [0.3, 0.4) is 0 Å². The summed E-state index contributed by atoms with van der Waals surface area (Å²) in [5.74, 6) is -3.37. The zero-order valence-corrected chi connectivity index (χ0v) is 20.1. The highest BCUT2D eigenvalue weighted by molar-refractivity contribution is 5.85. The van der Waals surface area contributed by atoms with Gasteiger partial charge in [-0.2, -0.15) is 17.6 Å². The van der Waals surface area contributed by atoms with Gasteiger partial charge < -0.3 is 20.1 Å². The molecular weight excluding hydrogens is 530 g/mol. The van der Waals surface area contributed by atoms with Crippen LogP contribution in [0.15, 0.2) is 72.8 Å². The third-order valence-electron chi connectivity index (χ3n) is 6.09. The van der Waals surface area contributed by atoms with Crippen molar-refractivity contribution in [2.75, 3.05) is 6.61 Å². The van der Waals surface area contributed by atoms with Gasteiger partial charge in [0.15, 0.2) is 0 Å². The molecule has 4 rings (SSSR count). The standard InChI is InChI=1S/C27H22F6N2O4/c28-19-8-6-17(7-9-19)26(15-16-4-2-1-3-5-16,35-25(37)34-22-10-11-38-23(22)36)18-12-20(29)14-21(13-18)39-27(32,33)24(30)31/h1-9,12-14,22,24H,10-11,15H2,(H2,34,35,37)/t22?,26-/m1/s1. The Morgan fingerprint density at radius 1 is 0.974 bits per heavy atom. The van der Waals surface area contributed by atoms with Crippen molar-refractivity contribution < 1.29 is 45.4 Å². The predicted octanol–water partition coefficient (Wildman–Crippen LogP) is 5.30. The third-order valence-corrected chi connectivity index (χ3v) is 6.09. The monoisotopic (exact) mass is 552 g/mol. The van der Waals surface area contributed by atoms with Crippen molar-refractivity contribution in [3.63, 3.8) is 0 Å². The van der Waals surface area contributed by atoms with Crippen molar-refractivity contribution >= 4 is 12.0 Å². The Hall–Kier alpha value is -4.22. The molecule has 2 atom stereocenters. The average molecular weight is 552 g/mol. The lowest BCUT2D eigenvalue weighted by atomic mass is 9.77. The SMILES string of the molecule is O=C(NC1CCOC1=O)N[C@](Cc1ccccc1)(c1ccc(F)cc1)c1cc(F)cc(OC(F)(F)C(F)F)c1. The molecule has 1 saturated heterocycles. The van der Waals surface area contributed by atoms with Gasteiger partial charge in [-0.1, -0.05) is 42.5 Å². The molecule has 1 aliphatic rings. The molecule has 0 aromatic heterocycles. The van der Waals surface area contributed by atoms with Crippen LogP contribution in [0.2, 0.25) is 0 Å². The van der Waals surface area contributed by atoms with E-state index in [0.717, 1.165) is 24.3 Å². The summed E-state index contributed by atoms with van der Waals surface area (Å²) in [5.41, 5.74) is -1.20. The molecule has 206 valence electrons. The number of urea groups is 1. The molecule has 1 fully saturated rings. The fraction of sp³-hybridized carbons (Fsp3) is 0.259. The van der Waals surface area contributed by atoms with Crippen molar-refractivity contribution in [1.29, 1.82) is 0 Å². The highest BCUT2D eigenvalue weighted by Gasteiger charge is 2.45. The van der Waals surface area contributed by atoms with Crippen LogP contribution in [0.5, 0.6) is 5.75 Å². The highest BCUT2D eigenvalue weighted by atomic mass is 19.3. The van der Waals surface area contributed by atoms with Crippen LogP contribution in [-0.2, 0) is 21.5 Å². The van der Waals surface area contributed by atoms with Gasteiger partial charge in [-0.3, -0.25) is 0 Å². The molecule has 1 aliphatic heterocycles. The van der Waals surface area contributed by atoms with Crippen molar-refractivity contribution in [3.8, 4) is 5.75 Å². The molecule has 39 heavy (non-hydrogen) atoms. The van der Waals surface area contributed by atoms with Gasteiger partial charge in [0.2, 0.25) is 0 Å². The number of carbonyl (C=O) groups is 2. The first-order valence-corrected chi connectivity index (χ1v) is 11.7. The van der Waals surface area contributed by atoms with Gasteiger partial charge >= 0.3 is 24.5 Å². The van der Waals surface area contributed by atoms with E-state index in [9.17, 15) is 35.9 Å². The molecule has 0 bridgehead atoms. The topological polar surface area (TPSA) is 76.7 Å². The van der Waals surface area contributed by atoms with Crippen molar-refractivity contribution in [1.82, 2.24) is 10.6 Å². The van der Waals surface area contributed by atoms with E-state index in [-0.39, 0.29) is 30.6 Å². The van der Waals surface area contributed by atoms with Gasteiger partial charge in [0, 0.05) is 18.9 Å². The van der Waals surface area contributed by atoms with Crippen LogP contribution in [0.1, 0.15) is 23.1 Å². The molecule has 3 aromatic carbocycles. The van der Waals surface area contributed by atoms with Crippen molar-refractivity contribution in [2.24, 2.45) is 0 Å². The minimum atomic E-state index is -4.93. The van der Waals surface area contributed by atoms with Crippen LogP contribution >= 0.6 is 0 Å². The number of esters is 1. The molecule has 0 spiro atoms. The van der Waals surface area contributed by atoms with Crippen LogP contribution in [0, 0.1) is 11.6 Å². The van der Waals surface area contributed by atoms with E-state index in [1.54, 1.807) is 30.3 Å². The minimum absolute atomic E-state index is 0.0832. The Bertz CT molecular complexity index is 1320. The van der Waals surface area contributed by atoms with E-state index in [4.69, 9.17) is 4.74 Å². The van der Waals surface area contributed by atoms with Gasteiger partial charge in [-0.25, -0.2) is 18.4 Å². The summed E-state index contributed by atoms with van der Waals surface area (Å²) < 4.78 is 90.7. The second-order valence-electron chi connectivity index (χ2n) is 8.82. The van der Waals surface area contributed by atoms with E-state index in [1.807, 2.05) is 0 Å². The van der Waals surface area contributed by atoms with Crippen LogP contribution in [0.25, 0.3) is 0 Å². The van der Waals surface area contributed by atoms with Gasteiger partial charge in [0.1, 0.15) is 23.4 Å². The maximum absolute atomic E-state index is 14.8. The number of ether oxygens (including phenoxy) is 2. The van der Waals surface area contributed by atoms with Crippen molar-refractivity contribution in [3.05, 3.63) is 101 Å². The lowest BCUT2D eigenvalue weighted by molar-refractivity contribution is -0.253. The van der Waals surface area contributed by atoms with Crippen LogP contribution in [-0.4, -0.2) is 37.2 Å². The Kier molecular flexibility index (Phi) is 8.03. The second-order valence-corrected chi connectivity index (χ2v) is 8.82. The first kappa shape index (κ1) is 27.8. The maximum Gasteiger partial charge on any atom is 0.461 e. The molecular formula is C27H22F6N2O4. The molecule has 12 heteroatoms. The zero-order chi connectivity index (χ0) is 28.2. The number of cyclic esters (lactones) is 1. The van der Waals surface area contributed by atoms with Gasteiger partial charge in [-0.05, 0) is 41.0 Å². The summed E-state index contributed by atoms with van der Waals surface area (Å²) in [5, 5.41) is 5.14. The lowest BCUT2D eigenvalue weighted by Gasteiger charge is -2.37. The third kappa shape index (κ3) is 6.44. The maximum atomic E-state index is 14.8. The predicted molar refractivity (Wildman–Crippen MR) is 126 cm³/mol. The molecule has 0 aliphatic carbocycles. The number of hydrogen-bond donors (Lipinski definition) is 2. The fourth-order valence-corrected chi connectivity index (χ4v) is 4.28. The molecule has 0 saturated carbocycles. The number of carbonyl (C=O) groups excluding carboxylic acids is 2. The van der Waals surface area contributed by atoms with Gasteiger partial charge in [-0.15, -0.1) is 0 Å². The Morgan fingerprint density at radius 3 is 2.28 bits per heavy atom. The summed E-state index contributed by atoms with van der Waals surface area (Å²) in [6, 6.07) is 13.6. The molecule has 1 heterocycles. The van der Waals surface area contributed by atoms with E-state index < -0.39 is 53.5 Å². The Labute approximate surface area is 218 Å². The first-order chi connectivity index (χ1) is 18.5. The fourth-order valence-electron chi connectivity index (χ4n) is 4.28. The van der Waals surface area contributed by atoms with Crippen LogP contribution < -0.4 is 15.4 Å². The first-order valence-electron chi connectivity index (χ1n) is 11.7. The highest BCUT2D eigenvalue weighted by Crippen LogP contribution is 2.38. The molecule has 2 N–H and O–H groups in total. The number of nitrogens with one attached hydrogen (secondary N) is 2. The normalized spacial score (nSPS) is 16.9. The average Bonchev–Trinajstić information content (AvgIpc) is 3.27. The molecule has 1 unspecified atom stereocenters. The van der Waals surface area contributed by atoms with E-state index in [2.05, 4.69) is 15.4 Å². The number of benzene rings is 3. The summed E-state index contributed by atoms with van der Waals surface area (Å²) in [4.78, 5) is 25.1. The minimum Gasteiger partial charge on any atom is -0.464 e. The number of alkyl halides is 4. The van der Waals surface area contributed by atoms with Gasteiger partial charge in [0.05, 0.1) is 12.1 Å². The summed E-state index contributed by atoms with van der Waals surface area (Å²) in [7, 11) is 0. The zero-order valence-electron chi connectivity index (χ0n) is 20.1. The number of amides is 2. The molecule has 6 nitrogen and oxygen atoms in total. The lowest BCUT2D eigenvalue weighted by Crippen LogP contribution is -2.54. The van der Waals surface area contributed by atoms with E-state index in [1.165, 1.54) is 12.1 Å². The molecule has 0 radical (unpaired) electrons. The van der Waals surface area contributed by atoms with E-state index in [0.29, 0.717) is 11.6 Å². The summed E-state index contributed by atoms with van der Waals surface area (Å²) in [6.07, 6.45) is -9.08. The van der Waals surface area contributed by atoms with Crippen LogP contribution in [0.4, 0.5) is 31.1 Å². The van der Waals surface area contributed by atoms with Gasteiger partial charge in [0.25, 0.3) is 0 Å². The quantitative estimate of drug-likeness (QED) is 0.279. The number of hydrogen-bond acceptors (Lipinski definition) is 4. The molecule has 2 amide bonds. The Morgan fingerprint density at radius 2 is 1.67 bits per heavy atom. The molecule has 3 aromatic rings. The Balaban J connectivity index is 1.86. The summed E-state index contributed by atoms with van der Waals surface area (Å²) in [6.45, 7) is 0.0832. The largest absolute Gasteiger partial charge is 0.464 e.